The van der Waals surface area contributed by atoms with Crippen molar-refractivity contribution in [2.24, 2.45) is 14.1 Å². The molecule has 1 N–H and O–H groups in total. The number of imidazole rings is 1. The van der Waals surface area contributed by atoms with Crippen molar-refractivity contribution in [1.29, 1.82) is 0 Å². The number of amides is 1. The number of rotatable bonds is 4. The van der Waals surface area contributed by atoms with E-state index in [0.717, 1.165) is 4.57 Å². The molecule has 0 saturated heterocycles. The third kappa shape index (κ3) is 2.62. The molecule has 0 aliphatic heterocycles. The van der Waals surface area contributed by atoms with Crippen LogP contribution >= 0.6 is 0 Å². The Morgan fingerprint density at radius 2 is 1.95 bits per heavy atom. The second kappa shape index (κ2) is 5.84. The number of nitrogens with one attached hydrogen (secondary N) is 1. The molecule has 0 aliphatic rings. The Balaban J connectivity index is 2.34. The first-order valence-corrected chi connectivity index (χ1v) is 6.34. The number of ether oxygens (including phenoxy) is 1. The molecule has 0 radical (unpaired) electrons. The molecule has 0 saturated carbocycles. The van der Waals surface area contributed by atoms with E-state index in [-0.39, 0.29) is 17.7 Å². The lowest BCUT2D eigenvalue weighted by Crippen LogP contribution is -2.37. The van der Waals surface area contributed by atoms with E-state index in [1.54, 1.807) is 0 Å². The number of nitrogens with zero attached hydrogens (tertiary/aromatic N) is 4. The summed E-state index contributed by atoms with van der Waals surface area (Å²) < 4.78 is 8.18. The van der Waals surface area contributed by atoms with Crippen molar-refractivity contribution in [3.8, 4) is 0 Å². The highest BCUT2D eigenvalue weighted by Gasteiger charge is 2.16. The fourth-order valence-corrected chi connectivity index (χ4v) is 1.92. The zero-order chi connectivity index (χ0) is 16.4. The number of carbonyl (C=O) groups excluding carboxylic acids is 2. The topological polar surface area (TPSA) is 117 Å². The molecule has 10 nitrogen and oxygen atoms in total. The summed E-state index contributed by atoms with van der Waals surface area (Å²) in [4.78, 5) is 50.6. The van der Waals surface area contributed by atoms with Crippen LogP contribution in [0.5, 0.6) is 0 Å². The quantitative estimate of drug-likeness (QED) is 0.636. The third-order valence-corrected chi connectivity index (χ3v) is 3.16. The highest BCUT2D eigenvalue weighted by Crippen LogP contribution is 2.05. The first-order valence-electron chi connectivity index (χ1n) is 6.34. The van der Waals surface area contributed by atoms with Gasteiger partial charge in [0.05, 0.1) is 6.33 Å². The largest absolute Gasteiger partial charge is 0.454 e. The molecule has 2 aromatic rings. The fourth-order valence-electron chi connectivity index (χ4n) is 1.92. The maximum atomic E-state index is 12.1. The van der Waals surface area contributed by atoms with Gasteiger partial charge in [0.15, 0.2) is 17.8 Å². The predicted molar refractivity (Wildman–Crippen MR) is 75.2 cm³/mol. The lowest BCUT2D eigenvalue weighted by Gasteiger charge is -2.07. The van der Waals surface area contributed by atoms with Gasteiger partial charge in [-0.15, -0.1) is 0 Å². The van der Waals surface area contributed by atoms with Crippen LogP contribution in [0.25, 0.3) is 11.2 Å². The number of aryl methyl sites for hydroxylation is 1. The lowest BCUT2D eigenvalue weighted by atomic mass is 10.5. The van der Waals surface area contributed by atoms with E-state index >= 15 is 0 Å². The zero-order valence-electron chi connectivity index (χ0n) is 12.3. The molecule has 0 atom stereocenters. The summed E-state index contributed by atoms with van der Waals surface area (Å²) in [6, 6.07) is 0. The van der Waals surface area contributed by atoms with Crippen LogP contribution in [0, 0.1) is 0 Å². The number of aromatic nitrogens is 4. The summed E-state index contributed by atoms with van der Waals surface area (Å²) in [6.45, 7) is -0.695. The standard InChI is InChI=1S/C12H15N5O5/c1-13-7(18)5-22-8(19)4-17-6-14-10-9(17)11(20)16(3)12(21)15(10)2/h6H,4-5H2,1-3H3,(H,13,18). The SMILES string of the molecule is CNC(=O)COC(=O)Cn1cnc2c1c(=O)n(C)c(=O)n2C. The molecule has 2 rings (SSSR count). The second-order valence-corrected chi connectivity index (χ2v) is 4.58. The van der Waals surface area contributed by atoms with Crippen molar-refractivity contribution in [2.75, 3.05) is 13.7 Å². The summed E-state index contributed by atoms with van der Waals surface area (Å²) in [5, 5.41) is 2.31. The molecule has 22 heavy (non-hydrogen) atoms. The fraction of sp³-hybridized carbons (Fsp3) is 0.417. The second-order valence-electron chi connectivity index (χ2n) is 4.58. The van der Waals surface area contributed by atoms with Gasteiger partial charge in [-0.1, -0.05) is 0 Å². The number of carbonyl (C=O) groups is 2. The van der Waals surface area contributed by atoms with Gasteiger partial charge in [0.2, 0.25) is 0 Å². The van der Waals surface area contributed by atoms with Gasteiger partial charge in [0.25, 0.3) is 11.5 Å². The van der Waals surface area contributed by atoms with Crippen molar-refractivity contribution >= 4 is 23.0 Å². The summed E-state index contributed by atoms with van der Waals surface area (Å²) in [6.07, 6.45) is 1.27. The molecule has 2 aromatic heterocycles. The lowest BCUT2D eigenvalue weighted by molar-refractivity contribution is -0.148. The average Bonchev–Trinajstić information content (AvgIpc) is 2.92. The van der Waals surface area contributed by atoms with E-state index in [9.17, 15) is 19.2 Å². The van der Waals surface area contributed by atoms with E-state index in [2.05, 4.69) is 10.3 Å². The number of hydrogen-bond donors (Lipinski definition) is 1. The highest BCUT2D eigenvalue weighted by atomic mass is 16.5. The van der Waals surface area contributed by atoms with E-state index in [1.807, 2.05) is 0 Å². The monoisotopic (exact) mass is 309 g/mol. The van der Waals surface area contributed by atoms with E-state index in [1.165, 1.54) is 36.6 Å². The van der Waals surface area contributed by atoms with Crippen LogP contribution < -0.4 is 16.6 Å². The summed E-state index contributed by atoms with van der Waals surface area (Å²) in [7, 11) is 4.24. The van der Waals surface area contributed by atoms with Crippen LogP contribution in [0.1, 0.15) is 0 Å². The molecule has 0 spiro atoms. The summed E-state index contributed by atoms with van der Waals surface area (Å²) in [5.74, 6) is -1.14. The van der Waals surface area contributed by atoms with Gasteiger partial charge < -0.3 is 14.6 Å². The Bertz CT molecular complexity index is 859. The highest BCUT2D eigenvalue weighted by molar-refractivity contribution is 5.81. The smallest absolute Gasteiger partial charge is 0.332 e. The maximum Gasteiger partial charge on any atom is 0.332 e. The minimum atomic E-state index is -0.696. The van der Waals surface area contributed by atoms with Crippen molar-refractivity contribution < 1.29 is 14.3 Å². The minimum absolute atomic E-state index is 0.112. The van der Waals surface area contributed by atoms with Crippen LogP contribution in [-0.2, 0) is 35.0 Å². The van der Waals surface area contributed by atoms with Gasteiger partial charge >= 0.3 is 11.7 Å². The van der Waals surface area contributed by atoms with Crippen LogP contribution in [0.3, 0.4) is 0 Å². The molecule has 1 amide bonds. The van der Waals surface area contributed by atoms with Gasteiger partial charge in [-0.25, -0.2) is 9.78 Å². The molecule has 2 heterocycles. The predicted octanol–water partition coefficient (Wildman–Crippen LogP) is -2.28. The Labute approximate surface area is 123 Å². The molecule has 0 unspecified atom stereocenters. The first-order chi connectivity index (χ1) is 10.4. The van der Waals surface area contributed by atoms with Gasteiger partial charge in [0.1, 0.15) is 6.54 Å². The van der Waals surface area contributed by atoms with E-state index in [0.29, 0.717) is 0 Å². The molecule has 10 heteroatoms. The van der Waals surface area contributed by atoms with Gasteiger partial charge in [0, 0.05) is 21.1 Å². The summed E-state index contributed by atoms with van der Waals surface area (Å²) in [5.41, 5.74) is -0.784. The maximum absolute atomic E-state index is 12.1. The summed E-state index contributed by atoms with van der Waals surface area (Å²) >= 11 is 0. The number of fused-ring (bicyclic) bond motifs is 1. The molecule has 118 valence electrons. The Morgan fingerprint density at radius 3 is 2.59 bits per heavy atom. The van der Waals surface area contributed by atoms with E-state index < -0.39 is 29.7 Å². The third-order valence-electron chi connectivity index (χ3n) is 3.16. The Morgan fingerprint density at radius 1 is 1.27 bits per heavy atom. The first kappa shape index (κ1) is 15.5. The number of likely N-dealkylation sites (N-methyl/N-ethyl adjacent to an activating group) is 1. The van der Waals surface area contributed by atoms with Crippen LogP contribution in [0.2, 0.25) is 0 Å². The average molecular weight is 309 g/mol. The van der Waals surface area contributed by atoms with Crippen molar-refractivity contribution in [3.63, 3.8) is 0 Å². The van der Waals surface area contributed by atoms with Crippen molar-refractivity contribution in [1.82, 2.24) is 24.0 Å². The Hall–Kier alpha value is -2.91. The van der Waals surface area contributed by atoms with Crippen LogP contribution in [-0.4, -0.2) is 44.2 Å². The Kier molecular flexibility index (Phi) is 4.11. The van der Waals surface area contributed by atoms with Crippen LogP contribution in [0.4, 0.5) is 0 Å². The number of hydrogen-bond acceptors (Lipinski definition) is 6. The molecule has 0 aliphatic carbocycles. The molecular weight excluding hydrogens is 294 g/mol. The number of esters is 1. The molecule has 0 aromatic carbocycles. The molecule has 0 fully saturated rings. The van der Waals surface area contributed by atoms with Crippen molar-refractivity contribution in [3.05, 3.63) is 27.2 Å². The normalized spacial score (nSPS) is 10.7. The molecular formula is C12H15N5O5. The minimum Gasteiger partial charge on any atom is -0.454 e. The van der Waals surface area contributed by atoms with Gasteiger partial charge in [-0.05, 0) is 0 Å². The van der Waals surface area contributed by atoms with Gasteiger partial charge in [-0.2, -0.15) is 0 Å². The van der Waals surface area contributed by atoms with Gasteiger partial charge in [-0.3, -0.25) is 23.5 Å². The zero-order valence-corrected chi connectivity index (χ0v) is 12.3. The van der Waals surface area contributed by atoms with Crippen molar-refractivity contribution in [2.45, 2.75) is 6.54 Å². The van der Waals surface area contributed by atoms with Crippen LogP contribution in [0.15, 0.2) is 15.9 Å². The van der Waals surface area contributed by atoms with E-state index in [4.69, 9.17) is 4.74 Å². The molecule has 0 bridgehead atoms.